The predicted octanol–water partition coefficient (Wildman–Crippen LogP) is 5.01. The lowest BCUT2D eigenvalue weighted by Crippen LogP contribution is -2.33. The van der Waals surface area contributed by atoms with Crippen molar-refractivity contribution in [3.05, 3.63) is 45.7 Å². The van der Waals surface area contributed by atoms with Crippen molar-refractivity contribution in [3.63, 3.8) is 0 Å². The number of alkyl halides is 3. The minimum Gasteiger partial charge on any atom is -0.323 e. The van der Waals surface area contributed by atoms with Crippen molar-refractivity contribution in [2.75, 3.05) is 13.1 Å². The Kier molecular flexibility index (Phi) is 5.74. The molecule has 0 atom stereocenters. The van der Waals surface area contributed by atoms with Crippen LogP contribution in [0.5, 0.6) is 0 Å². The number of hydrogen-bond acceptors (Lipinski definition) is 2. The van der Waals surface area contributed by atoms with Gasteiger partial charge in [-0.2, -0.15) is 18.2 Å². The summed E-state index contributed by atoms with van der Waals surface area (Å²) in [7, 11) is 0. The van der Waals surface area contributed by atoms with Crippen LogP contribution in [0.25, 0.3) is 5.69 Å². The normalized spacial score (nSPS) is 15.2. The first-order chi connectivity index (χ1) is 12.8. The number of rotatable bonds is 5. The van der Waals surface area contributed by atoms with Gasteiger partial charge in [0.2, 0.25) is 0 Å². The molecule has 0 radical (unpaired) electrons. The summed E-state index contributed by atoms with van der Waals surface area (Å²) >= 11 is 1.34. The van der Waals surface area contributed by atoms with Crippen LogP contribution in [0.4, 0.5) is 18.0 Å². The summed E-state index contributed by atoms with van der Waals surface area (Å²) in [6, 6.07) is 4.58. The van der Waals surface area contributed by atoms with E-state index in [0.29, 0.717) is 23.0 Å². The molecule has 0 saturated heterocycles. The molecule has 2 amide bonds. The van der Waals surface area contributed by atoms with Gasteiger partial charge in [-0.1, -0.05) is 6.92 Å². The highest BCUT2D eigenvalue weighted by Crippen LogP contribution is 2.30. The van der Waals surface area contributed by atoms with Crippen LogP contribution in [-0.4, -0.2) is 28.6 Å². The zero-order valence-electron chi connectivity index (χ0n) is 15.3. The molecule has 0 spiro atoms. The number of amides is 2. The first-order valence-corrected chi connectivity index (χ1v) is 9.80. The molecule has 0 aliphatic heterocycles. The molecule has 27 heavy (non-hydrogen) atoms. The van der Waals surface area contributed by atoms with Crippen molar-refractivity contribution in [1.82, 2.24) is 9.47 Å². The Hall–Kier alpha value is -2.09. The number of nitrogens with zero attached hydrogens (tertiary/aromatic N) is 3. The fourth-order valence-corrected chi connectivity index (χ4v) is 3.66. The zero-order valence-corrected chi connectivity index (χ0v) is 16.1. The lowest BCUT2D eigenvalue weighted by Gasteiger charge is -2.19. The molecule has 1 saturated carbocycles. The topological polar surface area (TPSA) is 37.6 Å². The summed E-state index contributed by atoms with van der Waals surface area (Å²) in [4.78, 5) is 20.1. The molecule has 8 heteroatoms. The van der Waals surface area contributed by atoms with Gasteiger partial charge < -0.3 is 4.90 Å². The maximum atomic E-state index is 12.8. The molecule has 1 heterocycles. The van der Waals surface area contributed by atoms with E-state index in [1.807, 2.05) is 13.8 Å². The fraction of sp³-hybridized carbons (Fsp3) is 0.474. The molecule has 146 valence electrons. The van der Waals surface area contributed by atoms with Crippen molar-refractivity contribution < 1.29 is 18.0 Å². The first-order valence-electron chi connectivity index (χ1n) is 8.98. The van der Waals surface area contributed by atoms with Gasteiger partial charge in [-0.3, -0.25) is 4.57 Å². The second kappa shape index (κ2) is 7.88. The third-order valence-corrected chi connectivity index (χ3v) is 5.27. The molecule has 1 aromatic carbocycles. The number of halogens is 3. The minimum absolute atomic E-state index is 0.286. The molecule has 4 nitrogen and oxygen atoms in total. The van der Waals surface area contributed by atoms with E-state index in [2.05, 4.69) is 4.99 Å². The predicted molar refractivity (Wildman–Crippen MR) is 98.9 cm³/mol. The van der Waals surface area contributed by atoms with Gasteiger partial charge in [0.05, 0.1) is 5.56 Å². The molecular formula is C19H22F3N3OS. The quantitative estimate of drug-likeness (QED) is 0.699. The molecular weight excluding hydrogens is 375 g/mol. The Morgan fingerprint density at radius 3 is 2.52 bits per heavy atom. The van der Waals surface area contributed by atoms with E-state index in [0.717, 1.165) is 42.8 Å². The monoisotopic (exact) mass is 397 g/mol. The lowest BCUT2D eigenvalue weighted by molar-refractivity contribution is -0.137. The highest BCUT2D eigenvalue weighted by atomic mass is 32.1. The smallest absolute Gasteiger partial charge is 0.323 e. The largest absolute Gasteiger partial charge is 0.416 e. The number of aryl methyl sites for hydroxylation is 1. The van der Waals surface area contributed by atoms with Crippen LogP contribution >= 0.6 is 11.3 Å². The summed E-state index contributed by atoms with van der Waals surface area (Å²) in [6.45, 7) is 5.28. The number of carbonyl (C=O) groups is 1. The summed E-state index contributed by atoms with van der Waals surface area (Å²) in [6.07, 6.45) is 0.565. The van der Waals surface area contributed by atoms with E-state index < -0.39 is 11.7 Å². The fourth-order valence-electron chi connectivity index (χ4n) is 2.83. The van der Waals surface area contributed by atoms with E-state index in [1.165, 1.54) is 23.5 Å². The van der Waals surface area contributed by atoms with Gasteiger partial charge in [0.1, 0.15) is 0 Å². The van der Waals surface area contributed by atoms with Crippen LogP contribution in [0.2, 0.25) is 0 Å². The van der Waals surface area contributed by atoms with Gasteiger partial charge in [0, 0.05) is 29.9 Å². The van der Waals surface area contributed by atoms with Crippen molar-refractivity contribution >= 4 is 17.4 Å². The van der Waals surface area contributed by atoms with Crippen LogP contribution < -0.4 is 4.80 Å². The SMILES string of the molecule is CCCN(CC1CC1)C(=O)/N=c1\sc(C)cn1-c1ccc(C(F)(F)F)cc1. The molecule has 1 fully saturated rings. The first kappa shape index (κ1) is 19.7. The summed E-state index contributed by atoms with van der Waals surface area (Å²) in [5, 5.41) is 0. The highest BCUT2D eigenvalue weighted by Gasteiger charge is 2.30. The van der Waals surface area contributed by atoms with Crippen LogP contribution in [0.15, 0.2) is 35.5 Å². The van der Waals surface area contributed by atoms with Crippen LogP contribution in [0, 0.1) is 12.8 Å². The Morgan fingerprint density at radius 1 is 1.30 bits per heavy atom. The molecule has 0 N–H and O–H groups in total. The second-order valence-corrected chi connectivity index (χ2v) is 8.04. The summed E-state index contributed by atoms with van der Waals surface area (Å²) in [5.74, 6) is 0.572. The van der Waals surface area contributed by atoms with E-state index in [4.69, 9.17) is 0 Å². The van der Waals surface area contributed by atoms with Crippen LogP contribution in [0.1, 0.15) is 36.6 Å². The Bertz CT molecular complexity index is 864. The highest BCUT2D eigenvalue weighted by molar-refractivity contribution is 7.09. The lowest BCUT2D eigenvalue weighted by atomic mass is 10.2. The number of aromatic nitrogens is 1. The molecule has 3 rings (SSSR count). The number of thiazole rings is 1. The number of urea groups is 1. The zero-order chi connectivity index (χ0) is 19.6. The third kappa shape index (κ3) is 5.00. The van der Waals surface area contributed by atoms with Gasteiger partial charge in [-0.05, 0) is 56.4 Å². The molecule has 0 bridgehead atoms. The Labute approximate surface area is 160 Å². The molecule has 0 unspecified atom stereocenters. The number of hydrogen-bond donors (Lipinski definition) is 0. The number of carbonyl (C=O) groups excluding carboxylic acids is 1. The van der Waals surface area contributed by atoms with E-state index in [9.17, 15) is 18.0 Å². The van der Waals surface area contributed by atoms with Gasteiger partial charge in [0.25, 0.3) is 0 Å². The van der Waals surface area contributed by atoms with Crippen molar-refractivity contribution in [3.8, 4) is 5.69 Å². The number of benzene rings is 1. The van der Waals surface area contributed by atoms with Crippen molar-refractivity contribution in [2.24, 2.45) is 10.9 Å². The third-order valence-electron chi connectivity index (χ3n) is 4.37. The standard InChI is InChI=1S/C19H22F3N3OS/c1-3-10-24(12-14-4-5-14)17(26)23-18-25(11-13(2)27-18)16-8-6-15(7-9-16)19(20,21)22/h6-9,11,14H,3-5,10,12H2,1-2H3/b23-18-. The summed E-state index contributed by atoms with van der Waals surface area (Å²) in [5.41, 5.74) is -0.157. The summed E-state index contributed by atoms with van der Waals surface area (Å²) < 4.78 is 40.0. The second-order valence-electron chi connectivity index (χ2n) is 6.82. The van der Waals surface area contributed by atoms with Gasteiger partial charge in [-0.15, -0.1) is 11.3 Å². The van der Waals surface area contributed by atoms with Gasteiger partial charge >= 0.3 is 12.2 Å². The average molecular weight is 397 g/mol. The van der Waals surface area contributed by atoms with Gasteiger partial charge in [0.15, 0.2) is 4.80 Å². The van der Waals surface area contributed by atoms with E-state index in [-0.39, 0.29) is 6.03 Å². The maximum absolute atomic E-state index is 12.8. The minimum atomic E-state index is -4.37. The average Bonchev–Trinajstić information content (AvgIpc) is 3.35. The maximum Gasteiger partial charge on any atom is 0.416 e. The molecule has 1 aliphatic carbocycles. The Morgan fingerprint density at radius 2 is 1.96 bits per heavy atom. The van der Waals surface area contributed by atoms with E-state index in [1.54, 1.807) is 15.7 Å². The van der Waals surface area contributed by atoms with Crippen LogP contribution in [0.3, 0.4) is 0 Å². The van der Waals surface area contributed by atoms with Crippen molar-refractivity contribution in [1.29, 1.82) is 0 Å². The van der Waals surface area contributed by atoms with Crippen molar-refractivity contribution in [2.45, 2.75) is 39.3 Å². The molecule has 1 aromatic heterocycles. The van der Waals surface area contributed by atoms with Gasteiger partial charge in [-0.25, -0.2) is 4.79 Å². The molecule has 2 aromatic rings. The van der Waals surface area contributed by atoms with E-state index >= 15 is 0 Å². The van der Waals surface area contributed by atoms with Crippen LogP contribution in [-0.2, 0) is 6.18 Å². The molecule has 1 aliphatic rings. The Balaban J connectivity index is 1.90.